The minimum atomic E-state index is 0.711. The zero-order chi connectivity index (χ0) is 56.2. The van der Waals surface area contributed by atoms with E-state index in [9.17, 15) is 0 Å². The average molecular weight is 1040 g/mol. The number of rotatable bonds is 0. The van der Waals surface area contributed by atoms with Crippen molar-refractivity contribution < 1.29 is 0 Å². The monoisotopic (exact) mass is 1040 g/mol. The lowest BCUT2D eigenvalue weighted by Gasteiger charge is -1.81. The van der Waals surface area contributed by atoms with E-state index in [0.717, 1.165) is 56.8 Å². The van der Waals surface area contributed by atoms with Crippen LogP contribution in [0.15, 0.2) is 167 Å². The Kier molecular flexibility index (Phi) is 38.0. The minimum Gasteiger partial charge on any atom is -0.245 e. The standard InChI is InChI=1S/5C5H6N2.6C4H5N3/c1-5-2-6-4-7-3-5;1-5-2-3-6-4-7-5;1-5-2-3-6-7-4-5;1-5-6-3-2-4-7-5;1-5-3-2-4-6-7-5;1-4-6-2-5-3-7-4;1-4-2-6-7-3-5-4;1-4-2-5-3-6-7-4;1-4-2-5-7-6-3-4;1-4-5-2-3-6-7-4;1-4-2-3-5-7-6-4/h5*2-4H,1H3;6*2-3H,1H3. The zero-order valence-electron chi connectivity index (χ0n) is 44.6. The Morgan fingerprint density at radius 2 is 0.818 bits per heavy atom. The molecule has 0 aromatic carbocycles. The van der Waals surface area contributed by atoms with Crippen molar-refractivity contribution in [2.75, 3.05) is 0 Å². The van der Waals surface area contributed by atoms with Gasteiger partial charge in [-0.25, -0.2) is 59.8 Å². The van der Waals surface area contributed by atoms with Crippen molar-refractivity contribution in [2.24, 2.45) is 0 Å². The first-order chi connectivity index (χ1) is 37.3. The molecule has 0 aliphatic rings. The molecular formula is C49H60N28. The maximum Gasteiger partial charge on any atom is 0.147 e. The van der Waals surface area contributed by atoms with Crippen LogP contribution in [0, 0.1) is 76.2 Å². The molecule has 0 radical (unpaired) electrons. The van der Waals surface area contributed by atoms with Gasteiger partial charge in [0.1, 0.15) is 55.4 Å². The van der Waals surface area contributed by atoms with Crippen LogP contribution < -0.4 is 0 Å². The molecule has 0 saturated heterocycles. The Balaban J connectivity index is 0.000000423. The van der Waals surface area contributed by atoms with E-state index in [0.29, 0.717) is 5.82 Å². The van der Waals surface area contributed by atoms with E-state index in [-0.39, 0.29) is 0 Å². The molecule has 11 aromatic heterocycles. The molecule has 0 N–H and O–H groups in total. The average Bonchev–Trinajstić information content (AvgIpc) is 3.45. The predicted octanol–water partition coefficient (Wildman–Crippen LogP) is 5.01. The van der Waals surface area contributed by atoms with E-state index in [1.165, 1.54) is 38.0 Å². The van der Waals surface area contributed by atoms with Gasteiger partial charge >= 0.3 is 0 Å². The van der Waals surface area contributed by atoms with Crippen LogP contribution in [0.3, 0.4) is 0 Å². The molecule has 0 fully saturated rings. The summed E-state index contributed by atoms with van der Waals surface area (Å²) in [5.41, 5.74) is 7.90. The van der Waals surface area contributed by atoms with Gasteiger partial charge in [-0.2, -0.15) is 35.7 Å². The van der Waals surface area contributed by atoms with Crippen LogP contribution in [-0.4, -0.2) is 142 Å². The molecule has 0 bridgehead atoms. The first-order valence-corrected chi connectivity index (χ1v) is 22.6. The molecule has 0 aliphatic carbocycles. The topological polar surface area (TPSA) is 361 Å². The molecule has 0 unspecified atom stereocenters. The Hall–Kier alpha value is -10.5. The van der Waals surface area contributed by atoms with Crippen molar-refractivity contribution in [3.05, 3.63) is 230 Å². The van der Waals surface area contributed by atoms with Gasteiger partial charge in [-0.15, -0.1) is 35.7 Å². The van der Waals surface area contributed by atoms with Gasteiger partial charge in [0.15, 0.2) is 0 Å². The van der Waals surface area contributed by atoms with Crippen LogP contribution in [0.5, 0.6) is 0 Å². The second-order valence-electron chi connectivity index (χ2n) is 14.3. The summed E-state index contributed by atoms with van der Waals surface area (Å²) in [7, 11) is 0. The molecule has 0 amide bonds. The third-order valence-corrected chi connectivity index (χ3v) is 7.25. The van der Waals surface area contributed by atoms with Gasteiger partial charge in [0.2, 0.25) is 0 Å². The molecular weight excluding hydrogens is 981 g/mol. The lowest BCUT2D eigenvalue weighted by atomic mass is 10.4. The van der Waals surface area contributed by atoms with Crippen LogP contribution in [0.2, 0.25) is 0 Å². The van der Waals surface area contributed by atoms with Crippen molar-refractivity contribution in [1.82, 2.24) is 142 Å². The second kappa shape index (κ2) is 45.3. The number of aromatic nitrogens is 28. The fraction of sp³-hybridized carbons (Fsp3) is 0.224. The van der Waals surface area contributed by atoms with Crippen molar-refractivity contribution in [3.63, 3.8) is 0 Å². The van der Waals surface area contributed by atoms with E-state index in [4.69, 9.17) is 0 Å². The predicted molar refractivity (Wildman–Crippen MR) is 281 cm³/mol. The minimum absolute atomic E-state index is 0.711. The Morgan fingerprint density at radius 3 is 1.10 bits per heavy atom. The fourth-order valence-electron chi connectivity index (χ4n) is 3.66. The zero-order valence-corrected chi connectivity index (χ0v) is 44.6. The molecule has 0 atom stereocenters. The molecule has 11 aromatic rings. The highest BCUT2D eigenvalue weighted by molar-refractivity contribution is 5.01. The number of aryl methyl sites for hydroxylation is 11. The summed E-state index contributed by atoms with van der Waals surface area (Å²) in [5.74, 6) is 2.29. The number of nitrogens with zero attached hydrogens (tertiary/aromatic N) is 28. The van der Waals surface area contributed by atoms with Crippen molar-refractivity contribution in [3.8, 4) is 0 Å². The first kappa shape index (κ1) is 64.5. The highest BCUT2D eigenvalue weighted by Crippen LogP contribution is 1.87. The van der Waals surface area contributed by atoms with E-state index in [1.54, 1.807) is 112 Å². The number of hydrogen-bond donors (Lipinski definition) is 0. The third kappa shape index (κ3) is 43.9. The summed E-state index contributed by atoms with van der Waals surface area (Å²) < 4.78 is 0. The summed E-state index contributed by atoms with van der Waals surface area (Å²) in [6.45, 7) is 20.8. The molecule has 28 heteroatoms. The van der Waals surface area contributed by atoms with E-state index >= 15 is 0 Å². The molecule has 11 heterocycles. The van der Waals surface area contributed by atoms with E-state index in [2.05, 4.69) is 142 Å². The van der Waals surface area contributed by atoms with Crippen LogP contribution in [0.25, 0.3) is 0 Å². The van der Waals surface area contributed by atoms with Crippen molar-refractivity contribution >= 4 is 0 Å². The highest BCUT2D eigenvalue weighted by Gasteiger charge is 1.81. The van der Waals surface area contributed by atoms with Crippen LogP contribution in [0.4, 0.5) is 0 Å². The van der Waals surface area contributed by atoms with E-state index < -0.39 is 0 Å². The Morgan fingerprint density at radius 1 is 0.234 bits per heavy atom. The Bertz CT molecular complexity index is 2220. The number of hydrogen-bond acceptors (Lipinski definition) is 28. The molecule has 77 heavy (non-hydrogen) atoms. The van der Waals surface area contributed by atoms with Crippen LogP contribution in [0.1, 0.15) is 62.6 Å². The van der Waals surface area contributed by atoms with Crippen molar-refractivity contribution in [2.45, 2.75) is 76.2 Å². The van der Waals surface area contributed by atoms with Crippen LogP contribution >= 0.6 is 0 Å². The smallest absolute Gasteiger partial charge is 0.147 e. The summed E-state index contributed by atoms with van der Waals surface area (Å²) in [6.07, 6.45) is 34.0. The van der Waals surface area contributed by atoms with Gasteiger partial charge in [0.05, 0.1) is 66.2 Å². The van der Waals surface area contributed by atoms with Crippen molar-refractivity contribution in [1.29, 1.82) is 0 Å². The Labute approximate surface area is 446 Å². The van der Waals surface area contributed by atoms with Gasteiger partial charge in [-0.3, -0.25) is 0 Å². The highest BCUT2D eigenvalue weighted by atomic mass is 15.3. The van der Waals surface area contributed by atoms with E-state index in [1.807, 2.05) is 93.5 Å². The molecule has 11 rings (SSSR count). The second-order valence-corrected chi connectivity index (χ2v) is 14.3. The maximum absolute atomic E-state index is 3.87. The van der Waals surface area contributed by atoms with Gasteiger partial charge in [-0.05, 0) is 140 Å². The quantitative estimate of drug-likeness (QED) is 0.193. The molecule has 0 spiro atoms. The molecule has 0 saturated carbocycles. The lowest BCUT2D eigenvalue weighted by Crippen LogP contribution is -1.85. The summed E-state index contributed by atoms with van der Waals surface area (Å²) in [5, 5.41) is 56.9. The van der Waals surface area contributed by atoms with Gasteiger partial charge in [0.25, 0.3) is 0 Å². The summed E-state index contributed by atoms with van der Waals surface area (Å²) >= 11 is 0. The molecule has 0 aliphatic heterocycles. The molecule has 28 nitrogen and oxygen atoms in total. The van der Waals surface area contributed by atoms with Gasteiger partial charge in [-0.1, -0.05) is 0 Å². The SMILES string of the molecule is Cc1cccnn1.Cc1ccncn1.Cc1ccnnc1.Cc1ccnnn1.Cc1cncnc1.Cc1cncnn1.Cc1cnncn1.Cc1cnnnc1.Cc1ncccn1.Cc1nccnn1.Cc1ncncn1. The normalized spacial score (nSPS) is 8.71. The first-order valence-electron chi connectivity index (χ1n) is 22.6. The summed E-state index contributed by atoms with van der Waals surface area (Å²) in [4.78, 5) is 45.3. The van der Waals surface area contributed by atoms with Gasteiger partial charge < -0.3 is 0 Å². The fourth-order valence-corrected chi connectivity index (χ4v) is 3.66. The summed E-state index contributed by atoms with van der Waals surface area (Å²) in [6, 6.07) is 11.1. The van der Waals surface area contributed by atoms with Crippen LogP contribution in [-0.2, 0) is 0 Å². The van der Waals surface area contributed by atoms with Gasteiger partial charge in [0, 0.05) is 55.3 Å². The maximum atomic E-state index is 3.87. The third-order valence-electron chi connectivity index (χ3n) is 7.25. The largest absolute Gasteiger partial charge is 0.245 e. The molecule has 396 valence electrons. The lowest BCUT2D eigenvalue weighted by molar-refractivity contribution is 0.839.